The van der Waals surface area contributed by atoms with Crippen LogP contribution >= 0.6 is 0 Å². The summed E-state index contributed by atoms with van der Waals surface area (Å²) in [5, 5.41) is 10.1. The van der Waals surface area contributed by atoms with Crippen LogP contribution in [-0.4, -0.2) is 5.11 Å². The van der Waals surface area contributed by atoms with Crippen molar-refractivity contribution in [1.29, 1.82) is 0 Å². The fourth-order valence-corrected chi connectivity index (χ4v) is 2.45. The third-order valence-electron chi connectivity index (χ3n) is 3.49. The first-order valence-corrected chi connectivity index (χ1v) is 5.38. The number of fused-ring (bicyclic) bond motifs is 1. The zero-order valence-corrected chi connectivity index (χ0v) is 9.17. The van der Waals surface area contributed by atoms with Crippen LogP contribution in [0.1, 0.15) is 41.7 Å². The number of rotatable bonds is 0. The van der Waals surface area contributed by atoms with Crippen molar-refractivity contribution in [3.05, 3.63) is 34.4 Å². The van der Waals surface area contributed by atoms with Gasteiger partial charge in [-0.3, -0.25) is 0 Å². The first-order chi connectivity index (χ1) is 6.61. The summed E-state index contributed by atoms with van der Waals surface area (Å²) in [6.45, 7) is 6.37. The number of aliphatic hydroxyl groups is 1. The molecule has 0 aromatic heterocycles. The highest BCUT2D eigenvalue weighted by atomic mass is 16.3. The molecule has 0 bridgehead atoms. The molecule has 2 atom stereocenters. The minimum Gasteiger partial charge on any atom is -0.388 e. The summed E-state index contributed by atoms with van der Waals surface area (Å²) in [7, 11) is 0. The zero-order chi connectivity index (χ0) is 10.3. The van der Waals surface area contributed by atoms with E-state index in [-0.39, 0.29) is 6.10 Å². The van der Waals surface area contributed by atoms with E-state index in [2.05, 4.69) is 32.9 Å². The first kappa shape index (κ1) is 9.72. The van der Waals surface area contributed by atoms with Gasteiger partial charge in [-0.05, 0) is 54.9 Å². The monoisotopic (exact) mass is 190 g/mol. The van der Waals surface area contributed by atoms with Crippen molar-refractivity contribution in [2.75, 3.05) is 0 Å². The van der Waals surface area contributed by atoms with Gasteiger partial charge < -0.3 is 5.11 Å². The number of hydrogen-bond donors (Lipinski definition) is 1. The molecule has 0 radical (unpaired) electrons. The second-order valence-corrected chi connectivity index (χ2v) is 4.55. The SMILES string of the molecule is Cc1ccc(C)c2c1CCC(C)C2O. The van der Waals surface area contributed by atoms with E-state index >= 15 is 0 Å². The Hall–Kier alpha value is -0.820. The van der Waals surface area contributed by atoms with Gasteiger partial charge in [0.15, 0.2) is 0 Å². The molecule has 0 heterocycles. The highest BCUT2D eigenvalue weighted by Crippen LogP contribution is 2.37. The van der Waals surface area contributed by atoms with E-state index in [0.29, 0.717) is 5.92 Å². The molecule has 1 nitrogen and oxygen atoms in total. The average molecular weight is 190 g/mol. The van der Waals surface area contributed by atoms with E-state index in [1.165, 1.54) is 22.3 Å². The minimum atomic E-state index is -0.251. The Morgan fingerprint density at radius 2 is 1.86 bits per heavy atom. The van der Waals surface area contributed by atoms with Crippen molar-refractivity contribution in [3.63, 3.8) is 0 Å². The molecule has 0 saturated heterocycles. The van der Waals surface area contributed by atoms with Gasteiger partial charge in [0.1, 0.15) is 0 Å². The van der Waals surface area contributed by atoms with Crippen LogP contribution in [0.3, 0.4) is 0 Å². The van der Waals surface area contributed by atoms with E-state index in [1.807, 2.05) is 0 Å². The second-order valence-electron chi connectivity index (χ2n) is 4.55. The summed E-state index contributed by atoms with van der Waals surface area (Å²) in [4.78, 5) is 0. The molecule has 76 valence electrons. The lowest BCUT2D eigenvalue weighted by Gasteiger charge is -2.30. The van der Waals surface area contributed by atoms with Crippen LogP contribution in [0.2, 0.25) is 0 Å². The number of benzene rings is 1. The lowest BCUT2D eigenvalue weighted by atomic mass is 9.79. The molecule has 0 fully saturated rings. The van der Waals surface area contributed by atoms with Crippen LogP contribution in [0.5, 0.6) is 0 Å². The van der Waals surface area contributed by atoms with Gasteiger partial charge in [0.05, 0.1) is 6.10 Å². The highest BCUT2D eigenvalue weighted by molar-refractivity contribution is 5.43. The molecule has 0 aliphatic heterocycles. The van der Waals surface area contributed by atoms with Crippen LogP contribution in [0.4, 0.5) is 0 Å². The van der Waals surface area contributed by atoms with Gasteiger partial charge in [0.25, 0.3) is 0 Å². The third kappa shape index (κ3) is 1.36. The van der Waals surface area contributed by atoms with Crippen molar-refractivity contribution in [3.8, 4) is 0 Å². The molecule has 0 amide bonds. The van der Waals surface area contributed by atoms with Crippen molar-refractivity contribution in [2.45, 2.75) is 39.7 Å². The van der Waals surface area contributed by atoms with Crippen molar-refractivity contribution in [1.82, 2.24) is 0 Å². The second kappa shape index (κ2) is 3.39. The topological polar surface area (TPSA) is 20.2 Å². The Balaban J connectivity index is 2.58. The number of aliphatic hydroxyl groups excluding tert-OH is 1. The lowest BCUT2D eigenvalue weighted by Crippen LogP contribution is -2.20. The molecule has 1 heteroatoms. The summed E-state index contributed by atoms with van der Waals surface area (Å²) >= 11 is 0. The van der Waals surface area contributed by atoms with Crippen LogP contribution in [0.15, 0.2) is 12.1 Å². The molecular formula is C13H18O. The zero-order valence-electron chi connectivity index (χ0n) is 9.17. The standard InChI is InChI=1S/C13H18O/c1-8-4-5-9(2)12-11(8)7-6-10(3)13(12)14/h4-5,10,13-14H,6-7H2,1-3H3. The van der Waals surface area contributed by atoms with Crippen LogP contribution in [0, 0.1) is 19.8 Å². The minimum absolute atomic E-state index is 0.251. The predicted molar refractivity (Wildman–Crippen MR) is 58.4 cm³/mol. The molecule has 1 aromatic rings. The Morgan fingerprint density at radius 1 is 1.21 bits per heavy atom. The van der Waals surface area contributed by atoms with E-state index in [1.54, 1.807) is 0 Å². The molecule has 2 rings (SSSR count). The largest absolute Gasteiger partial charge is 0.388 e. The fraction of sp³-hybridized carbons (Fsp3) is 0.538. The third-order valence-corrected chi connectivity index (χ3v) is 3.49. The maximum atomic E-state index is 10.1. The van der Waals surface area contributed by atoms with E-state index in [4.69, 9.17) is 0 Å². The molecule has 1 aliphatic rings. The van der Waals surface area contributed by atoms with Crippen LogP contribution in [-0.2, 0) is 6.42 Å². The molecular weight excluding hydrogens is 172 g/mol. The molecule has 0 saturated carbocycles. The Kier molecular flexibility index (Phi) is 2.36. The highest BCUT2D eigenvalue weighted by Gasteiger charge is 2.26. The van der Waals surface area contributed by atoms with Crippen LogP contribution in [0.25, 0.3) is 0 Å². The van der Waals surface area contributed by atoms with Gasteiger partial charge >= 0.3 is 0 Å². The molecule has 1 N–H and O–H groups in total. The average Bonchev–Trinajstić information content (AvgIpc) is 2.16. The number of aryl methyl sites for hydroxylation is 2. The summed E-state index contributed by atoms with van der Waals surface area (Å²) in [5.41, 5.74) is 5.15. The Morgan fingerprint density at radius 3 is 2.57 bits per heavy atom. The van der Waals surface area contributed by atoms with E-state index < -0.39 is 0 Å². The molecule has 1 aromatic carbocycles. The lowest BCUT2D eigenvalue weighted by molar-refractivity contribution is 0.103. The maximum absolute atomic E-state index is 10.1. The summed E-state index contributed by atoms with van der Waals surface area (Å²) in [5.74, 6) is 0.406. The van der Waals surface area contributed by atoms with E-state index in [9.17, 15) is 5.11 Å². The van der Waals surface area contributed by atoms with Crippen molar-refractivity contribution >= 4 is 0 Å². The molecule has 14 heavy (non-hydrogen) atoms. The summed E-state index contributed by atoms with van der Waals surface area (Å²) < 4.78 is 0. The fourth-order valence-electron chi connectivity index (χ4n) is 2.45. The first-order valence-electron chi connectivity index (χ1n) is 5.38. The summed E-state index contributed by atoms with van der Waals surface area (Å²) in [6.07, 6.45) is 1.98. The maximum Gasteiger partial charge on any atom is 0.0820 e. The van der Waals surface area contributed by atoms with Gasteiger partial charge in [-0.25, -0.2) is 0 Å². The van der Waals surface area contributed by atoms with Gasteiger partial charge in [-0.2, -0.15) is 0 Å². The predicted octanol–water partition coefficient (Wildman–Crippen LogP) is 2.92. The van der Waals surface area contributed by atoms with Gasteiger partial charge in [-0.15, -0.1) is 0 Å². The van der Waals surface area contributed by atoms with Crippen molar-refractivity contribution in [2.24, 2.45) is 5.92 Å². The molecule has 1 aliphatic carbocycles. The smallest absolute Gasteiger partial charge is 0.0820 e. The number of hydrogen-bond acceptors (Lipinski definition) is 1. The normalized spacial score (nSPS) is 26.0. The van der Waals surface area contributed by atoms with E-state index in [0.717, 1.165) is 12.8 Å². The van der Waals surface area contributed by atoms with Gasteiger partial charge in [-0.1, -0.05) is 19.1 Å². The molecule has 2 unspecified atom stereocenters. The Labute approximate surface area is 85.8 Å². The summed E-state index contributed by atoms with van der Waals surface area (Å²) in [6, 6.07) is 4.28. The molecule has 0 spiro atoms. The van der Waals surface area contributed by atoms with Crippen LogP contribution < -0.4 is 0 Å². The quantitative estimate of drug-likeness (QED) is 0.667. The van der Waals surface area contributed by atoms with Gasteiger partial charge in [0.2, 0.25) is 0 Å². The Bertz CT molecular complexity index is 354. The van der Waals surface area contributed by atoms with Crippen molar-refractivity contribution < 1.29 is 5.11 Å². The van der Waals surface area contributed by atoms with Gasteiger partial charge in [0, 0.05) is 0 Å².